The molecular weight excluding hydrogens is 1450 g/mol. The Morgan fingerprint density at radius 3 is 0.388 bits per heavy atom. The van der Waals surface area contributed by atoms with Crippen LogP contribution < -0.4 is 56.8 Å². The Morgan fingerprint density at radius 1 is 0.129 bits per heavy atom. The van der Waals surface area contributed by atoms with Crippen molar-refractivity contribution in [1.82, 2.24) is 0 Å². The molecule has 0 atom stereocenters. The SMILES string of the molecule is C(#CCOCc1cc(OCc2cc(OCc3ccccc3)cc(OCc3ccccc3)c2)cc(OCc2cc(OCc3ccccc3)cc(OCc3ccccc3)c2)c1)COCc1cc(OCc2cc(OCc3ccccc3)cc(OCc3ccccc3)c2)cc(OCc2cc(OCc3ccccc3)cc(OCc3ccccc3)c2)c1. The molecule has 0 spiro atoms. The molecule has 0 aliphatic carbocycles. The van der Waals surface area contributed by atoms with E-state index in [0.29, 0.717) is 122 Å². The molecule has 0 heterocycles. The minimum Gasteiger partial charge on any atom is -0.489 e. The maximum atomic E-state index is 6.67. The third-order valence-corrected chi connectivity index (χ3v) is 18.3. The molecule has 0 bridgehead atoms. The number of hydrogen-bond donors (Lipinski definition) is 0. The van der Waals surface area contributed by atoms with Gasteiger partial charge in [0.1, 0.15) is 161 Å². The van der Waals surface area contributed by atoms with Crippen molar-refractivity contribution in [3.63, 3.8) is 0 Å². The normalized spacial score (nSPS) is 10.8. The largest absolute Gasteiger partial charge is 0.489 e. The molecule has 0 amide bonds. The number of rotatable bonds is 42. The van der Waals surface area contributed by atoms with Crippen LogP contribution in [0.25, 0.3) is 0 Å². The lowest BCUT2D eigenvalue weighted by Gasteiger charge is -2.16. The highest BCUT2D eigenvalue weighted by molar-refractivity contribution is 5.46. The van der Waals surface area contributed by atoms with Crippen molar-refractivity contribution in [2.75, 3.05) is 13.2 Å². The molecule has 14 nitrogen and oxygen atoms in total. The van der Waals surface area contributed by atoms with E-state index in [9.17, 15) is 0 Å². The second kappa shape index (κ2) is 42.7. The summed E-state index contributed by atoms with van der Waals surface area (Å²) in [6, 6.07) is 116. The van der Waals surface area contributed by atoms with Gasteiger partial charge in [-0.3, -0.25) is 0 Å². The van der Waals surface area contributed by atoms with Crippen molar-refractivity contribution in [2.24, 2.45) is 0 Å². The van der Waals surface area contributed by atoms with Gasteiger partial charge in [0, 0.05) is 36.4 Å². The molecule has 14 aromatic carbocycles. The van der Waals surface area contributed by atoms with Crippen LogP contribution in [0.2, 0.25) is 0 Å². The highest BCUT2D eigenvalue weighted by Gasteiger charge is 2.15. The van der Waals surface area contributed by atoms with Crippen molar-refractivity contribution in [1.29, 1.82) is 0 Å². The summed E-state index contributed by atoms with van der Waals surface area (Å²) in [5.74, 6) is 13.8. The topological polar surface area (TPSA) is 129 Å². The van der Waals surface area contributed by atoms with Gasteiger partial charge in [0.05, 0.1) is 13.2 Å². The Hall–Kier alpha value is -13.8. The van der Waals surface area contributed by atoms with E-state index >= 15 is 0 Å². The summed E-state index contributed by atoms with van der Waals surface area (Å²) in [6.45, 7) is 4.42. The van der Waals surface area contributed by atoms with E-state index < -0.39 is 0 Å². The summed E-state index contributed by atoms with van der Waals surface area (Å²) in [5, 5.41) is 0. The molecule has 0 aliphatic rings. The van der Waals surface area contributed by atoms with E-state index in [2.05, 4.69) is 11.8 Å². The van der Waals surface area contributed by atoms with E-state index in [0.717, 1.165) is 77.9 Å². The summed E-state index contributed by atoms with van der Waals surface area (Å²) in [4.78, 5) is 0. The lowest BCUT2D eigenvalue weighted by molar-refractivity contribution is 0.147. The Balaban J connectivity index is 0.675. The lowest BCUT2D eigenvalue weighted by atomic mass is 10.2. The summed E-state index contributed by atoms with van der Waals surface area (Å²) >= 11 is 0. The summed E-state index contributed by atoms with van der Waals surface area (Å²) < 4.78 is 90.3. The molecule has 14 aromatic rings. The van der Waals surface area contributed by atoms with Crippen LogP contribution in [-0.4, -0.2) is 13.2 Å². The Bertz CT molecular complexity index is 4490. The highest BCUT2D eigenvalue weighted by atomic mass is 16.5. The van der Waals surface area contributed by atoms with Gasteiger partial charge >= 0.3 is 0 Å². The minimum absolute atomic E-state index is 0.115. The molecule has 0 N–H and O–H groups in total. The monoisotopic (exact) mass is 1540 g/mol. The Labute approximate surface area is 678 Å². The summed E-state index contributed by atoms with van der Waals surface area (Å²) in [5.41, 5.74) is 13.3. The molecule has 0 aromatic heterocycles. The van der Waals surface area contributed by atoms with Crippen LogP contribution in [0.1, 0.15) is 77.9 Å². The Morgan fingerprint density at radius 2 is 0.250 bits per heavy atom. The van der Waals surface area contributed by atoms with Crippen LogP contribution in [0.5, 0.6) is 69.0 Å². The smallest absolute Gasteiger partial charge is 0.123 e. The molecule has 0 aliphatic heterocycles. The molecule has 14 heteroatoms. The molecule has 116 heavy (non-hydrogen) atoms. The van der Waals surface area contributed by atoms with Gasteiger partial charge < -0.3 is 66.3 Å². The first-order valence-corrected chi connectivity index (χ1v) is 38.7. The molecule has 0 saturated heterocycles. The number of benzene rings is 14. The second-order valence-corrected chi connectivity index (χ2v) is 27.6. The predicted molar refractivity (Wildman–Crippen MR) is 449 cm³/mol. The van der Waals surface area contributed by atoms with Gasteiger partial charge in [-0.15, -0.1) is 0 Å². The van der Waals surface area contributed by atoms with Crippen LogP contribution in [0, 0.1) is 11.8 Å². The van der Waals surface area contributed by atoms with E-state index in [1.807, 2.05) is 352 Å². The molecule has 14 rings (SSSR count). The third-order valence-electron chi connectivity index (χ3n) is 18.3. The van der Waals surface area contributed by atoms with Crippen LogP contribution in [0.15, 0.2) is 352 Å². The highest BCUT2D eigenvalue weighted by Crippen LogP contribution is 2.34. The van der Waals surface area contributed by atoms with Gasteiger partial charge in [-0.1, -0.05) is 254 Å². The van der Waals surface area contributed by atoms with Gasteiger partial charge in [0.25, 0.3) is 0 Å². The lowest BCUT2D eigenvalue weighted by Crippen LogP contribution is -2.03. The fourth-order valence-electron chi connectivity index (χ4n) is 12.4. The zero-order valence-electron chi connectivity index (χ0n) is 64.5. The standard InChI is InChI=1S/C102H90O14/c1-9-27-77(28-10-1)65-105-95-49-87(50-96(59-95)106-66-78-29-11-2-12-30-78)73-113-91-45-85(46-92(57-91)114-74-88-51-97(107-67-79-31-13-3-14-32-79)60-98(52-88)108-68-80-33-15-4-16-34-80)63-103-43-25-26-44-104-64-86-47-93(115-75-89-53-99(109-69-81-35-17-5-18-36-81)61-100(54-89)110-70-82-37-19-6-20-38-82)58-94(48-86)116-76-90-55-101(111-71-83-39-21-7-22-40-83)62-102(56-90)112-72-84-41-23-8-24-42-84/h1-24,27-42,45-62H,43-44,63-76H2. The maximum absolute atomic E-state index is 6.67. The fourth-order valence-corrected chi connectivity index (χ4v) is 12.4. The van der Waals surface area contributed by atoms with Gasteiger partial charge in [-0.05, 0) is 151 Å². The maximum Gasteiger partial charge on any atom is 0.123 e. The van der Waals surface area contributed by atoms with E-state index in [1.54, 1.807) is 0 Å². The molecule has 0 unspecified atom stereocenters. The van der Waals surface area contributed by atoms with Crippen molar-refractivity contribution in [3.8, 4) is 80.8 Å². The predicted octanol–water partition coefficient (Wildman–Crippen LogP) is 22.4. The van der Waals surface area contributed by atoms with Gasteiger partial charge in [0.2, 0.25) is 0 Å². The number of hydrogen-bond acceptors (Lipinski definition) is 14. The average Bonchev–Trinajstić information content (AvgIpc) is 0.850. The zero-order valence-corrected chi connectivity index (χ0v) is 64.5. The minimum atomic E-state index is 0.115. The first-order chi connectivity index (χ1) is 57.3. The quantitative estimate of drug-likeness (QED) is 0.0266. The van der Waals surface area contributed by atoms with Crippen LogP contribution in [0.3, 0.4) is 0 Å². The molecular formula is C102H90O14. The first-order valence-electron chi connectivity index (χ1n) is 38.7. The van der Waals surface area contributed by atoms with Crippen LogP contribution in [-0.2, 0) is 102 Å². The molecule has 0 fully saturated rings. The summed E-state index contributed by atoms with van der Waals surface area (Å²) in [7, 11) is 0. The number of ether oxygens (including phenoxy) is 14. The van der Waals surface area contributed by atoms with Crippen LogP contribution in [0.4, 0.5) is 0 Å². The van der Waals surface area contributed by atoms with Gasteiger partial charge in [-0.25, -0.2) is 0 Å². The van der Waals surface area contributed by atoms with Crippen molar-refractivity contribution < 1.29 is 66.3 Å². The Kier molecular flexibility index (Phi) is 29.0. The molecule has 0 saturated carbocycles. The third kappa shape index (κ3) is 26.4. The van der Waals surface area contributed by atoms with E-state index in [1.165, 1.54) is 0 Å². The molecule has 0 radical (unpaired) electrons. The summed E-state index contributed by atoms with van der Waals surface area (Å²) in [6.07, 6.45) is 0. The van der Waals surface area contributed by atoms with Crippen LogP contribution >= 0.6 is 0 Å². The van der Waals surface area contributed by atoms with E-state index in [4.69, 9.17) is 66.3 Å². The molecule has 582 valence electrons. The van der Waals surface area contributed by atoms with E-state index in [-0.39, 0.29) is 52.9 Å². The first kappa shape index (κ1) is 78.8. The van der Waals surface area contributed by atoms with Gasteiger partial charge in [0.15, 0.2) is 0 Å². The van der Waals surface area contributed by atoms with Crippen molar-refractivity contribution >= 4 is 0 Å². The van der Waals surface area contributed by atoms with Crippen molar-refractivity contribution in [2.45, 2.75) is 92.5 Å². The second-order valence-electron chi connectivity index (χ2n) is 27.6. The van der Waals surface area contributed by atoms with Crippen molar-refractivity contribution in [3.05, 3.63) is 430 Å². The average molecular weight is 1540 g/mol. The van der Waals surface area contributed by atoms with Gasteiger partial charge in [-0.2, -0.15) is 0 Å². The zero-order chi connectivity index (χ0) is 78.7. The fraction of sp³-hybridized carbons (Fsp3) is 0.157.